The Balaban J connectivity index is 1.76. The van der Waals surface area contributed by atoms with E-state index in [4.69, 9.17) is 30.8 Å². The molecule has 3 aromatic carbocycles. The molecule has 0 atom stereocenters. The Bertz CT molecular complexity index is 1380. The van der Waals surface area contributed by atoms with E-state index in [-0.39, 0.29) is 42.9 Å². The molecule has 0 saturated carbocycles. The summed E-state index contributed by atoms with van der Waals surface area (Å²) in [5.74, 6) is -2.08. The zero-order valence-electron chi connectivity index (χ0n) is 22.2. The Morgan fingerprint density at radius 1 is 0.571 bits per heavy atom. The number of hydrogen-bond acceptors (Lipinski definition) is 9. The van der Waals surface area contributed by atoms with Crippen molar-refractivity contribution < 1.29 is 28.6 Å². The molecule has 0 spiro atoms. The highest BCUT2D eigenvalue weighted by atomic mass is 16.6. The number of esters is 3. The van der Waals surface area contributed by atoms with Crippen LogP contribution in [0.3, 0.4) is 0 Å². The smallest absolute Gasteiger partial charge is 0.338 e. The molecule has 0 radical (unpaired) electrons. The van der Waals surface area contributed by atoms with Crippen molar-refractivity contribution in [2.75, 3.05) is 19.8 Å². The second-order valence-electron chi connectivity index (χ2n) is 8.79. The maximum atomic E-state index is 12.8. The highest BCUT2D eigenvalue weighted by molar-refractivity contribution is 5.91. The normalized spacial score (nSPS) is 11.4. The number of hydrogen-bond donors (Lipinski definition) is 0. The van der Waals surface area contributed by atoms with Gasteiger partial charge in [0.05, 0.1) is 22.1 Å². The first-order valence-electron chi connectivity index (χ1n) is 12.3. The number of carbonyl (C=O) groups is 3. The molecule has 0 aromatic heterocycles. The summed E-state index contributed by atoms with van der Waals surface area (Å²) in [4.78, 5) is 46.3. The molecular formula is C27H23N9O6. The summed E-state index contributed by atoms with van der Waals surface area (Å²) in [6.07, 6.45) is 0.280. The van der Waals surface area contributed by atoms with Crippen LogP contribution in [0.1, 0.15) is 44.4 Å². The molecule has 3 rings (SSSR count). The average Bonchev–Trinajstić information content (AvgIpc) is 3.02. The fourth-order valence-corrected chi connectivity index (χ4v) is 3.48. The van der Waals surface area contributed by atoms with Crippen molar-refractivity contribution in [3.8, 4) is 0 Å². The molecule has 0 aliphatic carbocycles. The van der Waals surface area contributed by atoms with E-state index < -0.39 is 23.3 Å². The largest absolute Gasteiger partial charge is 0.461 e. The Labute approximate surface area is 238 Å². The zero-order chi connectivity index (χ0) is 30.4. The molecule has 0 heterocycles. The van der Waals surface area contributed by atoms with Crippen LogP contribution in [0.2, 0.25) is 0 Å². The first-order valence-corrected chi connectivity index (χ1v) is 12.3. The van der Waals surface area contributed by atoms with Gasteiger partial charge in [0, 0.05) is 31.8 Å². The number of azide groups is 3. The molecule has 0 unspecified atom stereocenters. The molecule has 0 fully saturated rings. The standard InChI is InChI=1S/C27H23N9O6/c1-2-27(15-40-24(37)18-3-9-21(10-4-18)31-34-28,16-41-25(38)19-5-11-22(12-6-19)32-35-29)17-42-26(39)20-7-13-23(14-8-20)33-36-30/h3-14H,2,15-17H2,1H3. The summed E-state index contributed by atoms with van der Waals surface area (Å²) in [6.45, 7) is 0.944. The van der Waals surface area contributed by atoms with E-state index in [2.05, 4.69) is 30.1 Å². The van der Waals surface area contributed by atoms with Gasteiger partial charge in [0.2, 0.25) is 0 Å². The maximum Gasteiger partial charge on any atom is 0.338 e. The van der Waals surface area contributed by atoms with Gasteiger partial charge in [-0.05, 0) is 59.4 Å². The molecule has 15 nitrogen and oxygen atoms in total. The van der Waals surface area contributed by atoms with E-state index in [0.29, 0.717) is 17.1 Å². The molecule has 3 aromatic rings. The second kappa shape index (κ2) is 15.0. The highest BCUT2D eigenvalue weighted by Crippen LogP contribution is 2.27. The van der Waals surface area contributed by atoms with Gasteiger partial charge in [0.1, 0.15) is 19.8 Å². The predicted molar refractivity (Wildman–Crippen MR) is 149 cm³/mol. The summed E-state index contributed by atoms with van der Waals surface area (Å²) in [5, 5.41) is 10.4. The van der Waals surface area contributed by atoms with E-state index in [1.54, 1.807) is 6.92 Å². The summed E-state index contributed by atoms with van der Waals surface area (Å²) in [6, 6.07) is 17.3. The van der Waals surface area contributed by atoms with Crippen LogP contribution >= 0.6 is 0 Å². The Hall–Kier alpha value is -6.00. The fourth-order valence-electron chi connectivity index (χ4n) is 3.48. The lowest BCUT2D eigenvalue weighted by Gasteiger charge is -2.31. The molecule has 0 bridgehead atoms. The van der Waals surface area contributed by atoms with Crippen LogP contribution in [0.5, 0.6) is 0 Å². The first-order chi connectivity index (χ1) is 20.3. The number of rotatable bonds is 13. The Kier molecular flexibility index (Phi) is 10.9. The van der Waals surface area contributed by atoms with Gasteiger partial charge in [-0.2, -0.15) is 0 Å². The number of benzene rings is 3. The van der Waals surface area contributed by atoms with Crippen LogP contribution < -0.4 is 0 Å². The Morgan fingerprint density at radius 3 is 1.05 bits per heavy atom. The predicted octanol–water partition coefficient (Wildman–Crippen LogP) is 7.78. The van der Waals surface area contributed by atoms with Crippen LogP contribution in [0.4, 0.5) is 17.1 Å². The zero-order valence-corrected chi connectivity index (χ0v) is 22.2. The van der Waals surface area contributed by atoms with Gasteiger partial charge in [0.15, 0.2) is 0 Å². The highest BCUT2D eigenvalue weighted by Gasteiger charge is 2.35. The molecule has 0 saturated heterocycles. The van der Waals surface area contributed by atoms with Crippen LogP contribution in [0.15, 0.2) is 88.1 Å². The van der Waals surface area contributed by atoms with Crippen molar-refractivity contribution >= 4 is 35.0 Å². The van der Waals surface area contributed by atoms with Gasteiger partial charge >= 0.3 is 17.9 Å². The first kappa shape index (κ1) is 30.5. The minimum absolute atomic E-state index is 0.186. The summed E-state index contributed by atoms with van der Waals surface area (Å²) in [7, 11) is 0. The molecule has 0 aliphatic heterocycles. The monoisotopic (exact) mass is 569 g/mol. The van der Waals surface area contributed by atoms with E-state index in [0.717, 1.165) is 0 Å². The third-order valence-electron chi connectivity index (χ3n) is 6.07. The number of nitrogens with zero attached hydrogens (tertiary/aromatic N) is 9. The maximum absolute atomic E-state index is 12.8. The minimum Gasteiger partial charge on any atom is -0.461 e. The lowest BCUT2D eigenvalue weighted by Crippen LogP contribution is -2.39. The van der Waals surface area contributed by atoms with E-state index in [1.807, 2.05) is 0 Å². The van der Waals surface area contributed by atoms with Gasteiger partial charge in [0.25, 0.3) is 0 Å². The van der Waals surface area contributed by atoms with Crippen LogP contribution in [0, 0.1) is 5.41 Å². The quantitative estimate of drug-likeness (QED) is 0.0655. The molecular weight excluding hydrogens is 546 g/mol. The fraction of sp³-hybridized carbons (Fsp3) is 0.222. The van der Waals surface area contributed by atoms with E-state index in [9.17, 15) is 14.4 Å². The topological polar surface area (TPSA) is 225 Å². The minimum atomic E-state index is -1.12. The SMILES string of the molecule is CCC(COC(=O)c1ccc(N=[N+]=[N-])cc1)(COC(=O)c1ccc(N=[N+]=[N-])cc1)COC(=O)c1ccc(N=[N+]=[N-])cc1. The van der Waals surface area contributed by atoms with Gasteiger partial charge in [-0.15, -0.1) is 0 Å². The summed E-state index contributed by atoms with van der Waals surface area (Å²) >= 11 is 0. The average molecular weight is 570 g/mol. The molecule has 42 heavy (non-hydrogen) atoms. The molecule has 212 valence electrons. The van der Waals surface area contributed by atoms with E-state index >= 15 is 0 Å². The van der Waals surface area contributed by atoms with Crippen LogP contribution in [-0.2, 0) is 14.2 Å². The lowest BCUT2D eigenvalue weighted by atomic mass is 9.88. The molecule has 0 N–H and O–H groups in total. The van der Waals surface area contributed by atoms with Gasteiger partial charge in [-0.3, -0.25) is 0 Å². The van der Waals surface area contributed by atoms with Crippen molar-refractivity contribution in [2.45, 2.75) is 13.3 Å². The van der Waals surface area contributed by atoms with Gasteiger partial charge < -0.3 is 14.2 Å². The molecule has 15 heteroatoms. The third kappa shape index (κ3) is 8.50. The summed E-state index contributed by atoms with van der Waals surface area (Å²) < 4.78 is 16.6. The lowest BCUT2D eigenvalue weighted by molar-refractivity contribution is -0.0381. The molecule has 0 amide bonds. The summed E-state index contributed by atoms with van der Waals surface area (Å²) in [5.41, 5.74) is 26.0. The Morgan fingerprint density at radius 2 is 0.833 bits per heavy atom. The molecule has 0 aliphatic rings. The second-order valence-corrected chi connectivity index (χ2v) is 8.79. The van der Waals surface area contributed by atoms with Crippen molar-refractivity contribution in [2.24, 2.45) is 20.8 Å². The van der Waals surface area contributed by atoms with E-state index in [1.165, 1.54) is 72.8 Å². The van der Waals surface area contributed by atoms with Crippen molar-refractivity contribution in [1.82, 2.24) is 0 Å². The number of ether oxygens (including phenoxy) is 3. The van der Waals surface area contributed by atoms with Crippen molar-refractivity contribution in [3.63, 3.8) is 0 Å². The van der Waals surface area contributed by atoms with Gasteiger partial charge in [-0.1, -0.05) is 58.7 Å². The van der Waals surface area contributed by atoms with Crippen molar-refractivity contribution in [3.05, 3.63) is 121 Å². The van der Waals surface area contributed by atoms with Crippen molar-refractivity contribution in [1.29, 1.82) is 0 Å². The number of carbonyl (C=O) groups excluding carboxylic acids is 3. The third-order valence-corrected chi connectivity index (χ3v) is 6.07. The van der Waals surface area contributed by atoms with Crippen LogP contribution in [0.25, 0.3) is 31.3 Å². The van der Waals surface area contributed by atoms with Crippen LogP contribution in [-0.4, -0.2) is 37.7 Å². The van der Waals surface area contributed by atoms with Gasteiger partial charge in [-0.25, -0.2) is 14.4 Å².